The fraction of sp³-hybridized carbons (Fsp3) is 0. The highest BCUT2D eigenvalue weighted by Gasteiger charge is 2.10. The molecule has 76 valence electrons. The summed E-state index contributed by atoms with van der Waals surface area (Å²) in [5, 5.41) is 10.6. The van der Waals surface area contributed by atoms with Crippen molar-refractivity contribution in [1.82, 2.24) is 4.98 Å². The SMILES string of the molecule is O=C(O)c1cc2c(Br)cccc2c(Br)n1. The second-order valence-corrected chi connectivity index (χ2v) is 4.54. The lowest BCUT2D eigenvalue weighted by Crippen LogP contribution is -2.00. The molecule has 0 bridgehead atoms. The molecule has 2 aromatic rings. The number of carboxylic acid groups (broad SMARTS) is 1. The first-order valence-electron chi connectivity index (χ1n) is 4.07. The summed E-state index contributed by atoms with van der Waals surface area (Å²) in [5.74, 6) is -1.03. The predicted molar refractivity (Wildman–Crippen MR) is 64.1 cm³/mol. The summed E-state index contributed by atoms with van der Waals surface area (Å²) in [6.45, 7) is 0. The molecule has 1 aromatic heterocycles. The maximum absolute atomic E-state index is 10.8. The van der Waals surface area contributed by atoms with Crippen molar-refractivity contribution in [3.8, 4) is 0 Å². The molecule has 0 saturated heterocycles. The number of carbonyl (C=O) groups is 1. The Balaban J connectivity index is 2.85. The van der Waals surface area contributed by atoms with Crippen molar-refractivity contribution in [3.63, 3.8) is 0 Å². The zero-order valence-corrected chi connectivity index (χ0v) is 10.5. The minimum Gasteiger partial charge on any atom is -0.477 e. The molecule has 0 radical (unpaired) electrons. The topological polar surface area (TPSA) is 50.2 Å². The first-order valence-corrected chi connectivity index (χ1v) is 5.66. The molecule has 1 heterocycles. The molecule has 1 N–H and O–H groups in total. The van der Waals surface area contributed by atoms with E-state index in [2.05, 4.69) is 36.8 Å². The van der Waals surface area contributed by atoms with E-state index < -0.39 is 5.97 Å². The standard InChI is InChI=1S/C10H5Br2NO2/c11-7-3-1-2-5-6(7)4-8(10(14)15)13-9(5)12/h1-4H,(H,14,15). The molecule has 3 nitrogen and oxygen atoms in total. The predicted octanol–water partition coefficient (Wildman–Crippen LogP) is 3.46. The van der Waals surface area contributed by atoms with Gasteiger partial charge in [0.1, 0.15) is 10.3 Å². The summed E-state index contributed by atoms with van der Waals surface area (Å²) in [6.07, 6.45) is 0. The van der Waals surface area contributed by atoms with E-state index in [0.29, 0.717) is 4.60 Å². The minimum absolute atomic E-state index is 0.0290. The number of pyridine rings is 1. The molecule has 0 saturated carbocycles. The lowest BCUT2D eigenvalue weighted by molar-refractivity contribution is 0.0690. The van der Waals surface area contributed by atoms with Crippen LogP contribution in [0.25, 0.3) is 10.8 Å². The van der Waals surface area contributed by atoms with Gasteiger partial charge in [-0.3, -0.25) is 0 Å². The Bertz CT molecular complexity index is 554. The summed E-state index contributed by atoms with van der Waals surface area (Å²) in [5.41, 5.74) is 0.0290. The van der Waals surface area contributed by atoms with Crippen LogP contribution in [0.15, 0.2) is 33.3 Å². The zero-order valence-electron chi connectivity index (χ0n) is 7.37. The van der Waals surface area contributed by atoms with Gasteiger partial charge in [-0.2, -0.15) is 0 Å². The molecular formula is C10H5Br2NO2. The van der Waals surface area contributed by atoms with Gasteiger partial charge < -0.3 is 5.11 Å². The summed E-state index contributed by atoms with van der Waals surface area (Å²) in [7, 11) is 0. The monoisotopic (exact) mass is 329 g/mol. The summed E-state index contributed by atoms with van der Waals surface area (Å²) < 4.78 is 1.39. The van der Waals surface area contributed by atoms with Crippen LogP contribution in [0.5, 0.6) is 0 Å². The first-order chi connectivity index (χ1) is 7.09. The van der Waals surface area contributed by atoms with E-state index in [1.807, 2.05) is 18.2 Å². The van der Waals surface area contributed by atoms with E-state index in [-0.39, 0.29) is 5.69 Å². The third-order valence-electron chi connectivity index (χ3n) is 1.99. The van der Waals surface area contributed by atoms with Crippen LogP contribution >= 0.6 is 31.9 Å². The lowest BCUT2D eigenvalue weighted by Gasteiger charge is -2.03. The highest BCUT2D eigenvalue weighted by molar-refractivity contribution is 9.11. The molecule has 0 spiro atoms. The highest BCUT2D eigenvalue weighted by atomic mass is 79.9. The number of hydrogen-bond acceptors (Lipinski definition) is 2. The van der Waals surface area contributed by atoms with Crippen molar-refractivity contribution in [1.29, 1.82) is 0 Å². The Hall–Kier alpha value is -0.940. The molecule has 1 aromatic carbocycles. The Morgan fingerprint density at radius 3 is 2.67 bits per heavy atom. The normalized spacial score (nSPS) is 10.5. The Morgan fingerprint density at radius 1 is 1.27 bits per heavy atom. The lowest BCUT2D eigenvalue weighted by atomic mass is 10.1. The molecule has 5 heteroatoms. The van der Waals surface area contributed by atoms with Crippen LogP contribution in [-0.4, -0.2) is 16.1 Å². The number of hydrogen-bond donors (Lipinski definition) is 1. The Kier molecular flexibility index (Phi) is 2.75. The van der Waals surface area contributed by atoms with Crippen LogP contribution in [0, 0.1) is 0 Å². The smallest absolute Gasteiger partial charge is 0.354 e. The molecule has 0 aliphatic heterocycles. The number of aromatic nitrogens is 1. The van der Waals surface area contributed by atoms with Crippen molar-refractivity contribution >= 4 is 48.6 Å². The second-order valence-electron chi connectivity index (χ2n) is 2.94. The summed E-state index contributed by atoms with van der Waals surface area (Å²) in [6, 6.07) is 7.16. The van der Waals surface area contributed by atoms with Crippen molar-refractivity contribution in [2.24, 2.45) is 0 Å². The highest BCUT2D eigenvalue weighted by Crippen LogP contribution is 2.28. The van der Waals surface area contributed by atoms with E-state index in [1.54, 1.807) is 6.07 Å². The van der Waals surface area contributed by atoms with Crippen LogP contribution < -0.4 is 0 Å². The van der Waals surface area contributed by atoms with Gasteiger partial charge in [0.05, 0.1) is 0 Å². The quantitative estimate of drug-likeness (QED) is 0.815. The van der Waals surface area contributed by atoms with Gasteiger partial charge in [-0.15, -0.1) is 0 Å². The number of carboxylic acids is 1. The van der Waals surface area contributed by atoms with Gasteiger partial charge in [-0.05, 0) is 28.1 Å². The fourth-order valence-corrected chi connectivity index (χ4v) is 2.33. The number of rotatable bonds is 1. The third kappa shape index (κ3) is 1.89. The fourth-order valence-electron chi connectivity index (χ4n) is 1.31. The van der Waals surface area contributed by atoms with Gasteiger partial charge in [0.15, 0.2) is 0 Å². The maximum Gasteiger partial charge on any atom is 0.354 e. The van der Waals surface area contributed by atoms with E-state index >= 15 is 0 Å². The molecule has 0 fully saturated rings. The Labute approximate surface area is 102 Å². The van der Waals surface area contributed by atoms with Crippen LogP contribution in [0.2, 0.25) is 0 Å². The minimum atomic E-state index is -1.03. The van der Waals surface area contributed by atoms with Crippen LogP contribution in [-0.2, 0) is 0 Å². The Morgan fingerprint density at radius 2 is 2.00 bits per heavy atom. The average Bonchev–Trinajstić information content (AvgIpc) is 2.19. The van der Waals surface area contributed by atoms with Gasteiger partial charge in [-0.25, -0.2) is 9.78 Å². The van der Waals surface area contributed by atoms with Gasteiger partial charge in [0.25, 0.3) is 0 Å². The van der Waals surface area contributed by atoms with E-state index in [0.717, 1.165) is 15.2 Å². The van der Waals surface area contributed by atoms with Gasteiger partial charge in [0, 0.05) is 15.2 Å². The molecule has 15 heavy (non-hydrogen) atoms. The third-order valence-corrected chi connectivity index (χ3v) is 3.29. The maximum atomic E-state index is 10.8. The van der Waals surface area contributed by atoms with Crippen LogP contribution in [0.3, 0.4) is 0 Å². The second kappa shape index (κ2) is 3.90. The van der Waals surface area contributed by atoms with E-state index in [9.17, 15) is 4.79 Å². The van der Waals surface area contributed by atoms with Crippen molar-refractivity contribution in [2.45, 2.75) is 0 Å². The van der Waals surface area contributed by atoms with Gasteiger partial charge in [-0.1, -0.05) is 28.1 Å². The molecule has 2 rings (SSSR count). The van der Waals surface area contributed by atoms with Gasteiger partial charge in [0.2, 0.25) is 0 Å². The van der Waals surface area contributed by atoms with E-state index in [4.69, 9.17) is 5.11 Å². The molecule has 0 aliphatic carbocycles. The molecule has 0 aliphatic rings. The first kappa shape index (κ1) is 10.6. The van der Waals surface area contributed by atoms with Crippen molar-refractivity contribution < 1.29 is 9.90 Å². The largest absolute Gasteiger partial charge is 0.477 e. The number of benzene rings is 1. The van der Waals surface area contributed by atoms with Crippen molar-refractivity contribution in [2.75, 3.05) is 0 Å². The number of halogens is 2. The van der Waals surface area contributed by atoms with Crippen molar-refractivity contribution in [3.05, 3.63) is 39.0 Å². The molecule has 0 atom stereocenters. The van der Waals surface area contributed by atoms with Crippen LogP contribution in [0.4, 0.5) is 0 Å². The zero-order chi connectivity index (χ0) is 11.0. The van der Waals surface area contributed by atoms with E-state index in [1.165, 1.54) is 0 Å². The van der Waals surface area contributed by atoms with Crippen LogP contribution in [0.1, 0.15) is 10.5 Å². The van der Waals surface area contributed by atoms with Gasteiger partial charge >= 0.3 is 5.97 Å². The number of nitrogens with zero attached hydrogens (tertiary/aromatic N) is 1. The number of aromatic carboxylic acids is 1. The average molecular weight is 331 g/mol. The summed E-state index contributed by atoms with van der Waals surface area (Å²) in [4.78, 5) is 14.7. The summed E-state index contributed by atoms with van der Waals surface area (Å²) >= 11 is 6.63. The number of fused-ring (bicyclic) bond motifs is 1. The molecule has 0 unspecified atom stereocenters. The molecule has 0 amide bonds. The molecular weight excluding hydrogens is 326 g/mol.